The van der Waals surface area contributed by atoms with Crippen LogP contribution < -0.4 is 15.8 Å². The number of rotatable bonds is 5. The van der Waals surface area contributed by atoms with E-state index in [0.717, 1.165) is 31.7 Å². The molecule has 0 radical (unpaired) electrons. The van der Waals surface area contributed by atoms with Crippen LogP contribution in [-0.2, 0) is 11.3 Å². The van der Waals surface area contributed by atoms with Crippen molar-refractivity contribution in [3.05, 3.63) is 22.6 Å². The van der Waals surface area contributed by atoms with Crippen molar-refractivity contribution in [3.63, 3.8) is 0 Å². The Balaban J connectivity index is 2.02. The second kappa shape index (κ2) is 6.51. The molecule has 1 aliphatic rings. The number of hydrogen-bond donors (Lipinski definition) is 1. The number of anilines is 1. The molecular formula is C12H20N4O2. The summed E-state index contributed by atoms with van der Waals surface area (Å²) < 4.78 is 6.80. The van der Waals surface area contributed by atoms with Gasteiger partial charge in [0.25, 0.3) is 5.56 Å². The van der Waals surface area contributed by atoms with Crippen LogP contribution in [0.4, 0.5) is 5.69 Å². The highest BCUT2D eigenvalue weighted by molar-refractivity contribution is 5.43. The molecule has 1 N–H and O–H groups in total. The molecule has 0 unspecified atom stereocenters. The number of ether oxygens (including phenoxy) is 1. The smallest absolute Gasteiger partial charge is 0.268 e. The van der Waals surface area contributed by atoms with E-state index in [-0.39, 0.29) is 5.56 Å². The maximum absolute atomic E-state index is 11.9. The molecule has 18 heavy (non-hydrogen) atoms. The third kappa shape index (κ3) is 3.30. The Bertz CT molecular complexity index is 426. The van der Waals surface area contributed by atoms with Gasteiger partial charge in [-0.1, -0.05) is 0 Å². The van der Waals surface area contributed by atoms with E-state index in [0.29, 0.717) is 19.8 Å². The number of aryl methyl sites for hydroxylation is 1. The summed E-state index contributed by atoms with van der Waals surface area (Å²) >= 11 is 0. The zero-order valence-electron chi connectivity index (χ0n) is 10.8. The van der Waals surface area contributed by atoms with E-state index < -0.39 is 0 Å². The van der Waals surface area contributed by atoms with Gasteiger partial charge in [-0.05, 0) is 20.0 Å². The van der Waals surface area contributed by atoms with Crippen molar-refractivity contribution in [3.8, 4) is 0 Å². The van der Waals surface area contributed by atoms with Gasteiger partial charge in [0.2, 0.25) is 0 Å². The van der Waals surface area contributed by atoms with Crippen molar-refractivity contribution in [2.75, 3.05) is 44.8 Å². The molecule has 0 bridgehead atoms. The van der Waals surface area contributed by atoms with Crippen LogP contribution in [-0.4, -0.2) is 49.7 Å². The van der Waals surface area contributed by atoms with Crippen LogP contribution in [0.3, 0.4) is 0 Å². The van der Waals surface area contributed by atoms with Crippen LogP contribution in [0.1, 0.15) is 6.42 Å². The molecule has 6 heteroatoms. The Morgan fingerprint density at radius 1 is 1.44 bits per heavy atom. The molecule has 0 saturated carbocycles. The van der Waals surface area contributed by atoms with E-state index in [4.69, 9.17) is 4.74 Å². The van der Waals surface area contributed by atoms with Gasteiger partial charge in [-0.15, -0.1) is 0 Å². The molecule has 6 nitrogen and oxygen atoms in total. The zero-order valence-corrected chi connectivity index (χ0v) is 10.8. The maximum Gasteiger partial charge on any atom is 0.268 e. The molecule has 0 aliphatic carbocycles. The summed E-state index contributed by atoms with van der Waals surface area (Å²) in [4.78, 5) is 14.0. The second-order valence-corrected chi connectivity index (χ2v) is 4.33. The minimum Gasteiger partial charge on any atom is -0.378 e. The van der Waals surface area contributed by atoms with Gasteiger partial charge >= 0.3 is 0 Å². The van der Waals surface area contributed by atoms with Crippen molar-refractivity contribution in [2.24, 2.45) is 0 Å². The number of nitrogens with one attached hydrogen (secondary N) is 1. The molecule has 1 aromatic rings. The topological polar surface area (TPSA) is 59.4 Å². The first kappa shape index (κ1) is 13.0. The van der Waals surface area contributed by atoms with Gasteiger partial charge in [-0.25, -0.2) is 4.68 Å². The third-order valence-electron chi connectivity index (χ3n) is 3.03. The summed E-state index contributed by atoms with van der Waals surface area (Å²) in [7, 11) is 1.90. The van der Waals surface area contributed by atoms with Crippen molar-refractivity contribution in [1.82, 2.24) is 15.1 Å². The van der Waals surface area contributed by atoms with Gasteiger partial charge in [0, 0.05) is 25.7 Å². The first-order chi connectivity index (χ1) is 8.81. The fourth-order valence-electron chi connectivity index (χ4n) is 1.99. The molecule has 1 saturated heterocycles. The molecule has 2 heterocycles. The summed E-state index contributed by atoms with van der Waals surface area (Å²) in [5.41, 5.74) is 0.864. The quantitative estimate of drug-likeness (QED) is 0.728. The molecule has 0 amide bonds. The molecule has 0 spiro atoms. The number of aromatic nitrogens is 2. The standard InChI is InChI=1S/C12H20N4O2/c1-13-3-2-4-16-12(17)9-11(10-14-16)15-5-7-18-8-6-15/h9-10,13H,2-8H2,1H3. The van der Waals surface area contributed by atoms with E-state index in [1.165, 1.54) is 4.68 Å². The van der Waals surface area contributed by atoms with Gasteiger partial charge < -0.3 is 15.0 Å². The minimum atomic E-state index is -0.0323. The Hall–Kier alpha value is -1.40. The lowest BCUT2D eigenvalue weighted by Crippen LogP contribution is -2.37. The normalized spacial score (nSPS) is 15.9. The highest BCUT2D eigenvalue weighted by Gasteiger charge is 2.12. The SMILES string of the molecule is CNCCCn1ncc(N2CCOCC2)cc1=O. The maximum atomic E-state index is 11.9. The van der Waals surface area contributed by atoms with E-state index in [9.17, 15) is 4.79 Å². The van der Waals surface area contributed by atoms with Crippen LogP contribution in [0.25, 0.3) is 0 Å². The van der Waals surface area contributed by atoms with Crippen LogP contribution >= 0.6 is 0 Å². The van der Waals surface area contributed by atoms with Crippen molar-refractivity contribution >= 4 is 5.69 Å². The first-order valence-electron chi connectivity index (χ1n) is 6.36. The number of hydrogen-bond acceptors (Lipinski definition) is 5. The fraction of sp³-hybridized carbons (Fsp3) is 0.667. The molecular weight excluding hydrogens is 232 g/mol. The minimum absolute atomic E-state index is 0.0323. The average molecular weight is 252 g/mol. The van der Waals surface area contributed by atoms with Crippen LogP contribution in [0.5, 0.6) is 0 Å². The van der Waals surface area contributed by atoms with Gasteiger partial charge in [0.1, 0.15) is 0 Å². The third-order valence-corrected chi connectivity index (χ3v) is 3.03. The highest BCUT2D eigenvalue weighted by Crippen LogP contribution is 2.11. The summed E-state index contributed by atoms with van der Waals surface area (Å²) in [5, 5.41) is 7.27. The lowest BCUT2D eigenvalue weighted by atomic mass is 10.3. The second-order valence-electron chi connectivity index (χ2n) is 4.33. The molecule has 100 valence electrons. The predicted molar refractivity (Wildman–Crippen MR) is 70.1 cm³/mol. The lowest BCUT2D eigenvalue weighted by Gasteiger charge is -2.28. The summed E-state index contributed by atoms with van der Waals surface area (Å²) in [6.07, 6.45) is 2.67. The summed E-state index contributed by atoms with van der Waals surface area (Å²) in [5.74, 6) is 0. The average Bonchev–Trinajstić information content (AvgIpc) is 2.42. The van der Waals surface area contributed by atoms with E-state index in [2.05, 4.69) is 15.3 Å². The summed E-state index contributed by atoms with van der Waals surface area (Å²) in [6, 6.07) is 1.66. The van der Waals surface area contributed by atoms with E-state index in [1.807, 2.05) is 7.05 Å². The van der Waals surface area contributed by atoms with Crippen molar-refractivity contribution in [2.45, 2.75) is 13.0 Å². The first-order valence-corrected chi connectivity index (χ1v) is 6.36. The monoisotopic (exact) mass is 252 g/mol. The molecule has 1 aliphatic heterocycles. The van der Waals surface area contributed by atoms with Gasteiger partial charge in [-0.2, -0.15) is 5.10 Å². The highest BCUT2D eigenvalue weighted by atomic mass is 16.5. The van der Waals surface area contributed by atoms with Crippen LogP contribution in [0.2, 0.25) is 0 Å². The van der Waals surface area contributed by atoms with Crippen molar-refractivity contribution < 1.29 is 4.74 Å². The van der Waals surface area contributed by atoms with Gasteiger partial charge in [0.15, 0.2) is 0 Å². The number of morpholine rings is 1. The van der Waals surface area contributed by atoms with Crippen LogP contribution in [0.15, 0.2) is 17.1 Å². The largest absolute Gasteiger partial charge is 0.378 e. The van der Waals surface area contributed by atoms with E-state index in [1.54, 1.807) is 12.3 Å². The Labute approximate surface area is 107 Å². The molecule has 1 aromatic heterocycles. The molecule has 1 fully saturated rings. The molecule has 0 aromatic carbocycles. The van der Waals surface area contributed by atoms with Crippen LogP contribution in [0, 0.1) is 0 Å². The Morgan fingerprint density at radius 2 is 2.22 bits per heavy atom. The zero-order chi connectivity index (χ0) is 12.8. The molecule has 2 rings (SSSR count). The Kier molecular flexibility index (Phi) is 4.72. The van der Waals surface area contributed by atoms with Gasteiger partial charge in [-0.3, -0.25) is 4.79 Å². The predicted octanol–water partition coefficient (Wildman–Crippen LogP) is -0.311. The molecule has 0 atom stereocenters. The van der Waals surface area contributed by atoms with Crippen molar-refractivity contribution in [1.29, 1.82) is 0 Å². The lowest BCUT2D eigenvalue weighted by molar-refractivity contribution is 0.122. The summed E-state index contributed by atoms with van der Waals surface area (Å²) in [6.45, 7) is 4.62. The fourth-order valence-corrected chi connectivity index (χ4v) is 1.99. The van der Waals surface area contributed by atoms with E-state index >= 15 is 0 Å². The van der Waals surface area contributed by atoms with Gasteiger partial charge in [0.05, 0.1) is 25.1 Å². The Morgan fingerprint density at radius 3 is 2.89 bits per heavy atom. The number of nitrogens with zero attached hydrogens (tertiary/aromatic N) is 3.